The van der Waals surface area contributed by atoms with Crippen LogP contribution in [0.4, 0.5) is 4.39 Å². The van der Waals surface area contributed by atoms with Crippen molar-refractivity contribution >= 4 is 15.9 Å². The number of hydrogen-bond donors (Lipinski definition) is 1. The van der Waals surface area contributed by atoms with E-state index in [1.807, 2.05) is 6.07 Å². The van der Waals surface area contributed by atoms with E-state index in [1.54, 1.807) is 6.07 Å². The van der Waals surface area contributed by atoms with E-state index in [0.29, 0.717) is 24.2 Å². The summed E-state index contributed by atoms with van der Waals surface area (Å²) >= 11 is 3.36. The molecule has 0 bridgehead atoms. The molecular formula is C15H24BrFN2. The molecular weight excluding hydrogens is 307 g/mol. The van der Waals surface area contributed by atoms with Gasteiger partial charge in [0.25, 0.3) is 0 Å². The summed E-state index contributed by atoms with van der Waals surface area (Å²) in [5.41, 5.74) is 0.704. The topological polar surface area (TPSA) is 15.3 Å². The molecule has 1 aromatic rings. The SMILES string of the molecule is CC(C)N(CCNCc1cc(Br)ccc1F)C(C)C. The quantitative estimate of drug-likeness (QED) is 0.765. The lowest BCUT2D eigenvalue weighted by atomic mass is 10.2. The van der Waals surface area contributed by atoms with Gasteiger partial charge in [0.2, 0.25) is 0 Å². The van der Waals surface area contributed by atoms with Crippen molar-refractivity contribution in [1.29, 1.82) is 0 Å². The van der Waals surface area contributed by atoms with E-state index < -0.39 is 0 Å². The number of nitrogens with zero attached hydrogens (tertiary/aromatic N) is 1. The first-order valence-corrected chi connectivity index (χ1v) is 7.61. The average Bonchev–Trinajstić information content (AvgIpc) is 2.32. The monoisotopic (exact) mass is 330 g/mol. The van der Waals surface area contributed by atoms with Crippen LogP contribution in [-0.4, -0.2) is 30.1 Å². The number of nitrogens with one attached hydrogen (secondary N) is 1. The zero-order valence-electron chi connectivity index (χ0n) is 12.2. The van der Waals surface area contributed by atoms with Crippen molar-refractivity contribution in [3.63, 3.8) is 0 Å². The van der Waals surface area contributed by atoms with Crippen LogP contribution in [0.3, 0.4) is 0 Å². The van der Waals surface area contributed by atoms with Gasteiger partial charge in [-0.15, -0.1) is 0 Å². The van der Waals surface area contributed by atoms with Gasteiger partial charge in [-0.1, -0.05) is 15.9 Å². The van der Waals surface area contributed by atoms with Gasteiger partial charge in [-0.05, 0) is 45.9 Å². The molecule has 4 heteroatoms. The van der Waals surface area contributed by atoms with Crippen LogP contribution in [0.2, 0.25) is 0 Å². The number of halogens is 2. The summed E-state index contributed by atoms with van der Waals surface area (Å²) in [6.07, 6.45) is 0. The minimum absolute atomic E-state index is 0.153. The van der Waals surface area contributed by atoms with Crippen LogP contribution in [0.15, 0.2) is 22.7 Å². The van der Waals surface area contributed by atoms with Gasteiger partial charge < -0.3 is 5.32 Å². The van der Waals surface area contributed by atoms with Gasteiger partial charge in [0.15, 0.2) is 0 Å². The van der Waals surface area contributed by atoms with E-state index in [9.17, 15) is 4.39 Å². The molecule has 0 saturated carbocycles. The fourth-order valence-corrected chi connectivity index (χ4v) is 2.63. The molecule has 0 heterocycles. The van der Waals surface area contributed by atoms with Gasteiger partial charge in [0, 0.05) is 41.8 Å². The van der Waals surface area contributed by atoms with Crippen molar-refractivity contribution < 1.29 is 4.39 Å². The second kappa shape index (κ2) is 7.98. The van der Waals surface area contributed by atoms with Crippen LogP contribution in [0.25, 0.3) is 0 Å². The number of rotatable bonds is 7. The summed E-state index contributed by atoms with van der Waals surface area (Å²) in [6, 6.07) is 6.10. The van der Waals surface area contributed by atoms with Crippen molar-refractivity contribution in [2.75, 3.05) is 13.1 Å². The Bertz CT molecular complexity index is 386. The summed E-state index contributed by atoms with van der Waals surface area (Å²) in [7, 11) is 0. The molecule has 0 spiro atoms. The highest BCUT2D eigenvalue weighted by atomic mass is 79.9. The van der Waals surface area contributed by atoms with Gasteiger partial charge >= 0.3 is 0 Å². The highest BCUT2D eigenvalue weighted by Gasteiger charge is 2.12. The lowest BCUT2D eigenvalue weighted by Crippen LogP contribution is -2.41. The minimum Gasteiger partial charge on any atom is -0.311 e. The van der Waals surface area contributed by atoms with Gasteiger partial charge in [-0.3, -0.25) is 4.90 Å². The Balaban J connectivity index is 2.40. The summed E-state index contributed by atoms with van der Waals surface area (Å²) in [4.78, 5) is 2.42. The van der Waals surface area contributed by atoms with Gasteiger partial charge in [0.1, 0.15) is 5.82 Å². The lowest BCUT2D eigenvalue weighted by molar-refractivity contribution is 0.175. The first kappa shape index (κ1) is 16.6. The Kier molecular flexibility index (Phi) is 6.97. The summed E-state index contributed by atoms with van der Waals surface area (Å²) in [6.45, 7) is 11.2. The molecule has 2 nitrogen and oxygen atoms in total. The Hall–Kier alpha value is -0.450. The van der Waals surface area contributed by atoms with Crippen LogP contribution >= 0.6 is 15.9 Å². The Morgan fingerprint density at radius 2 is 1.84 bits per heavy atom. The fraction of sp³-hybridized carbons (Fsp3) is 0.600. The highest BCUT2D eigenvalue weighted by Crippen LogP contribution is 2.15. The van der Waals surface area contributed by atoms with E-state index in [1.165, 1.54) is 6.07 Å². The molecule has 0 fully saturated rings. The molecule has 0 unspecified atom stereocenters. The Morgan fingerprint density at radius 1 is 1.21 bits per heavy atom. The van der Waals surface area contributed by atoms with Crippen LogP contribution < -0.4 is 5.32 Å². The second-order valence-electron chi connectivity index (χ2n) is 5.34. The van der Waals surface area contributed by atoms with Crippen molar-refractivity contribution in [3.05, 3.63) is 34.1 Å². The highest BCUT2D eigenvalue weighted by molar-refractivity contribution is 9.10. The summed E-state index contributed by atoms with van der Waals surface area (Å²) < 4.78 is 14.5. The van der Waals surface area contributed by atoms with Crippen molar-refractivity contribution in [2.45, 2.75) is 46.3 Å². The minimum atomic E-state index is -0.153. The smallest absolute Gasteiger partial charge is 0.127 e. The standard InChI is InChI=1S/C15H24BrFN2/c1-11(2)19(12(3)4)8-7-18-10-13-9-14(16)5-6-15(13)17/h5-6,9,11-12,18H,7-8,10H2,1-4H3. The first-order valence-electron chi connectivity index (χ1n) is 6.82. The summed E-state index contributed by atoms with van der Waals surface area (Å²) in [5.74, 6) is -0.153. The molecule has 1 rings (SSSR count). The fourth-order valence-electron chi connectivity index (χ4n) is 2.22. The molecule has 0 aliphatic heterocycles. The zero-order valence-corrected chi connectivity index (χ0v) is 13.8. The molecule has 0 aromatic heterocycles. The maximum absolute atomic E-state index is 13.5. The third-order valence-corrected chi connectivity index (χ3v) is 3.69. The molecule has 0 saturated heterocycles. The predicted octanol–water partition coefficient (Wildman–Crippen LogP) is 3.80. The Morgan fingerprint density at radius 3 is 2.42 bits per heavy atom. The molecule has 19 heavy (non-hydrogen) atoms. The number of benzene rings is 1. The maximum Gasteiger partial charge on any atom is 0.127 e. The molecule has 0 atom stereocenters. The molecule has 1 aromatic carbocycles. The van der Waals surface area contributed by atoms with Gasteiger partial charge in [-0.25, -0.2) is 4.39 Å². The normalized spacial score (nSPS) is 11.8. The summed E-state index contributed by atoms with van der Waals surface area (Å²) in [5, 5.41) is 3.31. The van der Waals surface area contributed by atoms with E-state index in [4.69, 9.17) is 0 Å². The van der Waals surface area contributed by atoms with Crippen molar-refractivity contribution in [1.82, 2.24) is 10.2 Å². The molecule has 0 aliphatic rings. The average molecular weight is 331 g/mol. The third kappa shape index (κ3) is 5.59. The van der Waals surface area contributed by atoms with E-state index >= 15 is 0 Å². The molecule has 108 valence electrons. The third-order valence-electron chi connectivity index (χ3n) is 3.20. The molecule has 0 aliphatic carbocycles. The van der Waals surface area contributed by atoms with Crippen LogP contribution in [-0.2, 0) is 6.54 Å². The van der Waals surface area contributed by atoms with Crippen LogP contribution in [0, 0.1) is 5.82 Å². The first-order chi connectivity index (χ1) is 8.91. The van der Waals surface area contributed by atoms with Crippen molar-refractivity contribution in [3.8, 4) is 0 Å². The van der Waals surface area contributed by atoms with E-state index in [2.05, 4.69) is 53.8 Å². The lowest BCUT2D eigenvalue weighted by Gasteiger charge is -2.30. The molecule has 0 amide bonds. The van der Waals surface area contributed by atoms with Crippen molar-refractivity contribution in [2.24, 2.45) is 0 Å². The largest absolute Gasteiger partial charge is 0.311 e. The molecule has 0 radical (unpaired) electrons. The zero-order chi connectivity index (χ0) is 14.4. The Labute approximate surface area is 124 Å². The van der Waals surface area contributed by atoms with Crippen LogP contribution in [0.5, 0.6) is 0 Å². The van der Waals surface area contributed by atoms with E-state index in [0.717, 1.165) is 17.6 Å². The van der Waals surface area contributed by atoms with Gasteiger partial charge in [-0.2, -0.15) is 0 Å². The van der Waals surface area contributed by atoms with E-state index in [-0.39, 0.29) is 5.82 Å². The second-order valence-corrected chi connectivity index (χ2v) is 6.25. The maximum atomic E-state index is 13.5. The van der Waals surface area contributed by atoms with Gasteiger partial charge in [0.05, 0.1) is 0 Å². The molecule has 1 N–H and O–H groups in total. The van der Waals surface area contributed by atoms with Crippen LogP contribution in [0.1, 0.15) is 33.3 Å². The number of hydrogen-bond acceptors (Lipinski definition) is 2. The predicted molar refractivity (Wildman–Crippen MR) is 82.8 cm³/mol.